The number of nitrogens with one attached hydrogen (secondary N) is 2. The fraction of sp³-hybridized carbons (Fsp3) is 0.240. The van der Waals surface area contributed by atoms with Gasteiger partial charge in [-0.2, -0.15) is 15.3 Å². The van der Waals surface area contributed by atoms with Gasteiger partial charge < -0.3 is 15.5 Å². The number of hydrazone groups is 1. The van der Waals surface area contributed by atoms with E-state index in [0.717, 1.165) is 28.3 Å². The summed E-state index contributed by atoms with van der Waals surface area (Å²) in [6.07, 6.45) is 1.40. The highest BCUT2D eigenvalue weighted by molar-refractivity contribution is 7.80. The molecule has 0 saturated heterocycles. The maximum atomic E-state index is 13.0. The largest absolute Gasteiger partial charge is 0.455 e. The number of anilines is 1. The standard InChI is InChI=1S/C25H26N6O2S/c1-15-21-19(30-31-24(26)34)13-25(2,3)14-20(21)33-22(15)23(32)27-16-9-11-18(12-10-16)29-28-17-7-5-4-6-8-17/h4-12H,13-14H2,1-3H3,(H,27,32)(H3,26,31,34)/b29-28?,30-19-. The van der Waals surface area contributed by atoms with Crippen molar-refractivity contribution in [3.8, 4) is 0 Å². The summed E-state index contributed by atoms with van der Waals surface area (Å²) in [6.45, 7) is 6.11. The molecule has 0 unspecified atom stereocenters. The molecule has 174 valence electrons. The molecule has 4 N–H and O–H groups in total. The molecular weight excluding hydrogens is 448 g/mol. The number of furan rings is 1. The number of carbonyl (C=O) groups excluding carboxylic acids is 1. The number of nitrogens with zero attached hydrogens (tertiary/aromatic N) is 3. The van der Waals surface area contributed by atoms with Crippen LogP contribution < -0.4 is 16.5 Å². The third-order valence-electron chi connectivity index (χ3n) is 5.46. The molecule has 1 aromatic heterocycles. The predicted octanol–water partition coefficient (Wildman–Crippen LogP) is 5.77. The molecule has 2 aromatic carbocycles. The molecule has 1 heterocycles. The van der Waals surface area contributed by atoms with E-state index in [1.165, 1.54) is 0 Å². The summed E-state index contributed by atoms with van der Waals surface area (Å²) >= 11 is 4.88. The van der Waals surface area contributed by atoms with Crippen molar-refractivity contribution in [3.05, 3.63) is 77.2 Å². The number of thiocarbonyl (C=S) groups is 1. The van der Waals surface area contributed by atoms with Crippen LogP contribution in [0.4, 0.5) is 17.1 Å². The van der Waals surface area contributed by atoms with E-state index in [-0.39, 0.29) is 22.2 Å². The SMILES string of the molecule is Cc1c(C(=O)Nc2ccc(N=Nc3ccccc3)cc2)oc2c1/C(=N\NC(N)=S)CC(C)(C)C2. The minimum Gasteiger partial charge on any atom is -0.455 e. The van der Waals surface area contributed by atoms with Crippen molar-refractivity contribution in [3.63, 3.8) is 0 Å². The van der Waals surface area contributed by atoms with Gasteiger partial charge in [-0.1, -0.05) is 32.0 Å². The Kier molecular flexibility index (Phi) is 6.56. The Morgan fingerprint density at radius 1 is 1.03 bits per heavy atom. The number of rotatable bonds is 5. The predicted molar refractivity (Wildman–Crippen MR) is 137 cm³/mol. The van der Waals surface area contributed by atoms with Gasteiger partial charge in [0, 0.05) is 23.2 Å². The van der Waals surface area contributed by atoms with Crippen molar-refractivity contribution < 1.29 is 9.21 Å². The lowest BCUT2D eigenvalue weighted by Crippen LogP contribution is -2.31. The molecule has 0 aliphatic heterocycles. The average Bonchev–Trinajstić information content (AvgIpc) is 3.12. The molecule has 0 radical (unpaired) electrons. The van der Waals surface area contributed by atoms with E-state index in [1.54, 1.807) is 24.3 Å². The highest BCUT2D eigenvalue weighted by Gasteiger charge is 2.36. The van der Waals surface area contributed by atoms with E-state index < -0.39 is 0 Å². The van der Waals surface area contributed by atoms with E-state index in [1.807, 2.05) is 37.3 Å². The maximum absolute atomic E-state index is 13.0. The third kappa shape index (κ3) is 5.37. The highest BCUT2D eigenvalue weighted by atomic mass is 32.1. The van der Waals surface area contributed by atoms with E-state index >= 15 is 0 Å². The van der Waals surface area contributed by atoms with Crippen LogP contribution in [0.15, 0.2) is 74.3 Å². The number of fused-ring (bicyclic) bond motifs is 1. The first-order valence-electron chi connectivity index (χ1n) is 10.8. The molecule has 0 saturated carbocycles. The lowest BCUT2D eigenvalue weighted by molar-refractivity contribution is 0.0993. The number of amides is 1. The fourth-order valence-electron chi connectivity index (χ4n) is 3.96. The molecule has 0 spiro atoms. The van der Waals surface area contributed by atoms with Crippen LogP contribution in [0.5, 0.6) is 0 Å². The Balaban J connectivity index is 1.52. The van der Waals surface area contributed by atoms with Crippen LogP contribution >= 0.6 is 12.2 Å². The number of carbonyl (C=O) groups is 1. The molecule has 0 atom stereocenters. The number of azo groups is 1. The quantitative estimate of drug-likeness (QED) is 0.247. The number of hydrogen-bond donors (Lipinski definition) is 3. The minimum absolute atomic E-state index is 0.0775. The molecule has 4 rings (SSSR count). The second-order valence-corrected chi connectivity index (χ2v) is 9.38. The van der Waals surface area contributed by atoms with E-state index in [4.69, 9.17) is 22.4 Å². The zero-order valence-electron chi connectivity index (χ0n) is 19.3. The molecular formula is C25H26N6O2S. The van der Waals surface area contributed by atoms with Crippen LogP contribution in [-0.4, -0.2) is 16.7 Å². The second-order valence-electron chi connectivity index (χ2n) is 8.94. The highest BCUT2D eigenvalue weighted by Crippen LogP contribution is 2.39. The lowest BCUT2D eigenvalue weighted by atomic mass is 9.75. The van der Waals surface area contributed by atoms with Crippen LogP contribution in [0, 0.1) is 12.3 Å². The van der Waals surface area contributed by atoms with Crippen molar-refractivity contribution in [1.29, 1.82) is 0 Å². The number of hydrogen-bond acceptors (Lipinski definition) is 6. The lowest BCUT2D eigenvalue weighted by Gasteiger charge is -2.29. The third-order valence-corrected chi connectivity index (χ3v) is 5.55. The summed E-state index contributed by atoms with van der Waals surface area (Å²) in [5.41, 5.74) is 12.6. The van der Waals surface area contributed by atoms with Crippen molar-refractivity contribution in [2.75, 3.05) is 5.32 Å². The van der Waals surface area contributed by atoms with E-state index in [2.05, 4.69) is 39.9 Å². The summed E-state index contributed by atoms with van der Waals surface area (Å²) in [5, 5.41) is 15.8. The first-order chi connectivity index (χ1) is 16.2. The first-order valence-corrected chi connectivity index (χ1v) is 11.3. The Hall–Kier alpha value is -3.85. The smallest absolute Gasteiger partial charge is 0.291 e. The van der Waals surface area contributed by atoms with Crippen molar-refractivity contribution in [1.82, 2.24) is 5.43 Å². The molecule has 0 bridgehead atoms. The summed E-state index contributed by atoms with van der Waals surface area (Å²) in [5.74, 6) is 0.669. The number of nitrogens with two attached hydrogens (primary N) is 1. The monoisotopic (exact) mass is 474 g/mol. The van der Waals surface area contributed by atoms with Crippen LogP contribution in [0.25, 0.3) is 0 Å². The Morgan fingerprint density at radius 2 is 1.68 bits per heavy atom. The van der Waals surface area contributed by atoms with Gasteiger partial charge in [0.2, 0.25) is 0 Å². The van der Waals surface area contributed by atoms with Gasteiger partial charge in [-0.05, 0) is 67.4 Å². The van der Waals surface area contributed by atoms with E-state index in [0.29, 0.717) is 24.2 Å². The normalized spacial score (nSPS) is 15.8. The second kappa shape index (κ2) is 9.56. The van der Waals surface area contributed by atoms with Gasteiger partial charge in [0.25, 0.3) is 5.91 Å². The van der Waals surface area contributed by atoms with Gasteiger partial charge in [0.05, 0.1) is 17.1 Å². The first kappa shape index (κ1) is 23.3. The van der Waals surface area contributed by atoms with Gasteiger partial charge in [-0.3, -0.25) is 10.2 Å². The van der Waals surface area contributed by atoms with Crippen LogP contribution in [0.1, 0.15) is 47.7 Å². The minimum atomic E-state index is -0.329. The van der Waals surface area contributed by atoms with Gasteiger partial charge in [-0.25, -0.2) is 0 Å². The summed E-state index contributed by atoms with van der Waals surface area (Å²) in [6, 6.07) is 16.6. The Bertz CT molecular complexity index is 1280. The average molecular weight is 475 g/mol. The van der Waals surface area contributed by atoms with E-state index in [9.17, 15) is 4.79 Å². The van der Waals surface area contributed by atoms with Crippen LogP contribution in [0.3, 0.4) is 0 Å². The maximum Gasteiger partial charge on any atom is 0.291 e. The van der Waals surface area contributed by atoms with Gasteiger partial charge >= 0.3 is 0 Å². The molecule has 1 aliphatic carbocycles. The summed E-state index contributed by atoms with van der Waals surface area (Å²) in [4.78, 5) is 13.0. The van der Waals surface area contributed by atoms with Crippen molar-refractivity contribution in [2.45, 2.75) is 33.6 Å². The molecule has 1 amide bonds. The van der Waals surface area contributed by atoms with Gasteiger partial charge in [0.15, 0.2) is 10.9 Å². The molecule has 1 aliphatic rings. The topological polar surface area (TPSA) is 117 Å². The van der Waals surface area contributed by atoms with Gasteiger partial charge in [-0.15, -0.1) is 0 Å². The molecule has 3 aromatic rings. The molecule has 34 heavy (non-hydrogen) atoms. The summed E-state index contributed by atoms with van der Waals surface area (Å²) < 4.78 is 6.04. The van der Waals surface area contributed by atoms with Gasteiger partial charge in [0.1, 0.15) is 5.76 Å². The fourth-order valence-corrected chi connectivity index (χ4v) is 4.00. The van der Waals surface area contributed by atoms with Crippen molar-refractivity contribution in [2.24, 2.45) is 26.5 Å². The van der Waals surface area contributed by atoms with Crippen LogP contribution in [-0.2, 0) is 6.42 Å². The zero-order valence-corrected chi connectivity index (χ0v) is 20.1. The van der Waals surface area contributed by atoms with Crippen LogP contribution in [0.2, 0.25) is 0 Å². The Morgan fingerprint density at radius 3 is 2.32 bits per heavy atom. The Labute approximate surface area is 203 Å². The molecule has 0 fully saturated rings. The molecule has 8 nitrogen and oxygen atoms in total. The summed E-state index contributed by atoms with van der Waals surface area (Å²) in [7, 11) is 0. The number of benzene rings is 2. The van der Waals surface area contributed by atoms with Crippen molar-refractivity contribution >= 4 is 46.0 Å². The zero-order chi connectivity index (χ0) is 24.3. The molecule has 9 heteroatoms.